The molecule has 176 valence electrons. The zero-order valence-corrected chi connectivity index (χ0v) is 20.1. The highest BCUT2D eigenvalue weighted by Crippen LogP contribution is 2.28. The number of para-hydroxylation sites is 3. The van der Waals surface area contributed by atoms with Crippen LogP contribution in [0.2, 0.25) is 5.02 Å². The molecule has 34 heavy (non-hydrogen) atoms. The molecule has 0 aliphatic carbocycles. The van der Waals surface area contributed by atoms with Gasteiger partial charge < -0.3 is 19.9 Å². The highest BCUT2D eigenvalue weighted by Gasteiger charge is 2.31. The number of benzene rings is 3. The molecule has 0 radical (unpaired) electrons. The second-order valence-corrected chi connectivity index (χ2v) is 9.12. The van der Waals surface area contributed by atoms with Crippen LogP contribution >= 0.6 is 11.6 Å². The number of hydrogen-bond donors (Lipinski definition) is 1. The van der Waals surface area contributed by atoms with Crippen LogP contribution in [0.15, 0.2) is 78.9 Å². The van der Waals surface area contributed by atoms with Gasteiger partial charge in [-0.3, -0.25) is 9.59 Å². The molecule has 2 amide bonds. The van der Waals surface area contributed by atoms with E-state index in [-0.39, 0.29) is 11.8 Å². The number of carbonyl (C=O) groups is 2. The van der Waals surface area contributed by atoms with Crippen LogP contribution in [0.1, 0.15) is 24.2 Å². The maximum Gasteiger partial charge on any atom is 0.268 e. The summed E-state index contributed by atoms with van der Waals surface area (Å²) in [4.78, 5) is 29.9. The summed E-state index contributed by atoms with van der Waals surface area (Å²) in [6, 6.07) is 24.0. The fraction of sp³-hybridized carbons (Fsp3) is 0.259. The normalized spacial score (nSPS) is 14.0. The van der Waals surface area contributed by atoms with Crippen molar-refractivity contribution >= 4 is 34.8 Å². The maximum absolute atomic E-state index is 13.1. The molecular weight excluding hydrogens is 450 g/mol. The summed E-state index contributed by atoms with van der Waals surface area (Å²) in [5.41, 5.74) is 1.21. The molecule has 1 aliphatic heterocycles. The molecule has 6 nitrogen and oxygen atoms in total. The van der Waals surface area contributed by atoms with Gasteiger partial charge in [0.05, 0.1) is 11.4 Å². The monoisotopic (exact) mass is 477 g/mol. The lowest BCUT2D eigenvalue weighted by molar-refractivity contribution is -0.128. The minimum atomic E-state index is -1.06. The standard InChI is InChI=1S/C27H28ClN3O3/c1-27(2,34-22-8-4-3-5-9-22)26(33)29-23-10-6-7-11-24(23)30-16-18-31(19-17-30)25(32)20-12-14-21(28)15-13-20/h3-15H,16-19H2,1-2H3,(H,29,33). The Morgan fingerprint density at radius 1 is 0.853 bits per heavy atom. The van der Waals surface area contributed by atoms with Crippen LogP contribution in [0.5, 0.6) is 5.75 Å². The average Bonchev–Trinajstić information content (AvgIpc) is 2.85. The van der Waals surface area contributed by atoms with Crippen molar-refractivity contribution in [2.45, 2.75) is 19.4 Å². The van der Waals surface area contributed by atoms with E-state index in [0.717, 1.165) is 11.4 Å². The Balaban J connectivity index is 1.41. The van der Waals surface area contributed by atoms with Gasteiger partial charge in [0, 0.05) is 36.8 Å². The van der Waals surface area contributed by atoms with E-state index in [0.29, 0.717) is 42.5 Å². The summed E-state index contributed by atoms with van der Waals surface area (Å²) >= 11 is 5.94. The molecule has 4 rings (SSSR count). The number of halogens is 1. The Bertz CT molecular complexity index is 1140. The zero-order chi connectivity index (χ0) is 24.1. The summed E-state index contributed by atoms with van der Waals surface area (Å²) in [5, 5.41) is 3.64. The number of nitrogens with one attached hydrogen (secondary N) is 1. The van der Waals surface area contributed by atoms with Crippen LogP contribution < -0.4 is 15.0 Å². The number of rotatable bonds is 6. The number of piperazine rings is 1. The highest BCUT2D eigenvalue weighted by atomic mass is 35.5. The number of ether oxygens (including phenoxy) is 1. The summed E-state index contributed by atoms with van der Waals surface area (Å²) < 4.78 is 5.93. The Kier molecular flexibility index (Phi) is 7.08. The molecule has 0 unspecified atom stereocenters. The van der Waals surface area contributed by atoms with Gasteiger partial charge in [0.1, 0.15) is 5.75 Å². The molecule has 1 saturated heterocycles. The Morgan fingerprint density at radius 3 is 2.15 bits per heavy atom. The lowest BCUT2D eigenvalue weighted by Gasteiger charge is -2.37. The molecule has 0 bridgehead atoms. The molecule has 1 fully saturated rings. The van der Waals surface area contributed by atoms with Crippen molar-refractivity contribution in [2.75, 3.05) is 36.4 Å². The molecular formula is C27H28ClN3O3. The fourth-order valence-corrected chi connectivity index (χ4v) is 4.01. The Labute approximate surface area is 205 Å². The van der Waals surface area contributed by atoms with Crippen molar-refractivity contribution in [1.82, 2.24) is 4.90 Å². The van der Waals surface area contributed by atoms with Crippen molar-refractivity contribution in [3.8, 4) is 5.75 Å². The van der Waals surface area contributed by atoms with E-state index in [2.05, 4.69) is 10.2 Å². The second-order valence-electron chi connectivity index (χ2n) is 8.68. The van der Waals surface area contributed by atoms with Gasteiger partial charge in [-0.2, -0.15) is 0 Å². The van der Waals surface area contributed by atoms with E-state index < -0.39 is 5.60 Å². The third-order valence-electron chi connectivity index (χ3n) is 5.81. The van der Waals surface area contributed by atoms with Gasteiger partial charge in [-0.1, -0.05) is 41.9 Å². The Hall–Kier alpha value is -3.51. The molecule has 0 saturated carbocycles. The maximum atomic E-state index is 13.1. The van der Waals surface area contributed by atoms with E-state index in [1.54, 1.807) is 38.1 Å². The number of nitrogens with zero attached hydrogens (tertiary/aromatic N) is 2. The summed E-state index contributed by atoms with van der Waals surface area (Å²) in [7, 11) is 0. The first kappa shape index (κ1) is 23.6. The number of anilines is 2. The highest BCUT2D eigenvalue weighted by molar-refractivity contribution is 6.30. The van der Waals surface area contributed by atoms with Gasteiger partial charge in [0.15, 0.2) is 5.60 Å². The molecule has 1 heterocycles. The Morgan fingerprint density at radius 2 is 1.47 bits per heavy atom. The molecule has 0 spiro atoms. The first-order chi connectivity index (χ1) is 16.3. The summed E-state index contributed by atoms with van der Waals surface area (Å²) in [5.74, 6) is 0.399. The van der Waals surface area contributed by atoms with E-state index in [1.165, 1.54) is 0 Å². The molecule has 0 atom stereocenters. The van der Waals surface area contributed by atoms with Crippen molar-refractivity contribution in [1.29, 1.82) is 0 Å². The van der Waals surface area contributed by atoms with Gasteiger partial charge in [-0.05, 0) is 62.4 Å². The second kappa shape index (κ2) is 10.2. The van der Waals surface area contributed by atoms with E-state index in [9.17, 15) is 9.59 Å². The summed E-state index contributed by atoms with van der Waals surface area (Å²) in [6.45, 7) is 6.00. The van der Waals surface area contributed by atoms with E-state index in [4.69, 9.17) is 16.3 Å². The molecule has 1 aliphatic rings. The van der Waals surface area contributed by atoms with Gasteiger partial charge >= 0.3 is 0 Å². The minimum Gasteiger partial charge on any atom is -0.478 e. The minimum absolute atomic E-state index is 0.00212. The lowest BCUT2D eigenvalue weighted by Crippen LogP contribution is -2.49. The van der Waals surface area contributed by atoms with Gasteiger partial charge in [0.2, 0.25) is 0 Å². The van der Waals surface area contributed by atoms with E-state index in [1.807, 2.05) is 59.5 Å². The fourth-order valence-electron chi connectivity index (χ4n) is 3.88. The number of hydrogen-bond acceptors (Lipinski definition) is 4. The SMILES string of the molecule is CC(C)(Oc1ccccc1)C(=O)Nc1ccccc1N1CCN(C(=O)c2ccc(Cl)cc2)CC1. The van der Waals surface area contributed by atoms with Crippen LogP contribution in [-0.2, 0) is 4.79 Å². The first-order valence-corrected chi connectivity index (χ1v) is 11.7. The van der Waals surface area contributed by atoms with Crippen LogP contribution in [0.3, 0.4) is 0 Å². The third kappa shape index (κ3) is 5.51. The quantitative estimate of drug-likeness (QED) is 0.536. The largest absolute Gasteiger partial charge is 0.478 e. The molecule has 7 heteroatoms. The topological polar surface area (TPSA) is 61.9 Å². The predicted octanol–water partition coefficient (Wildman–Crippen LogP) is 5.10. The molecule has 0 aromatic heterocycles. The van der Waals surface area contributed by atoms with Crippen molar-refractivity contribution in [2.24, 2.45) is 0 Å². The first-order valence-electron chi connectivity index (χ1n) is 11.3. The third-order valence-corrected chi connectivity index (χ3v) is 6.07. The van der Waals surface area contributed by atoms with Crippen LogP contribution in [0.4, 0.5) is 11.4 Å². The predicted molar refractivity (Wildman–Crippen MR) is 136 cm³/mol. The molecule has 1 N–H and O–H groups in total. The number of carbonyl (C=O) groups excluding carboxylic acids is 2. The van der Waals surface area contributed by atoms with Crippen molar-refractivity contribution in [3.63, 3.8) is 0 Å². The van der Waals surface area contributed by atoms with Crippen LogP contribution in [0.25, 0.3) is 0 Å². The zero-order valence-electron chi connectivity index (χ0n) is 19.3. The van der Waals surface area contributed by atoms with Crippen molar-refractivity contribution < 1.29 is 14.3 Å². The molecule has 3 aromatic carbocycles. The number of amides is 2. The van der Waals surface area contributed by atoms with E-state index >= 15 is 0 Å². The summed E-state index contributed by atoms with van der Waals surface area (Å²) in [6.07, 6.45) is 0. The van der Waals surface area contributed by atoms with Gasteiger partial charge in [-0.15, -0.1) is 0 Å². The van der Waals surface area contributed by atoms with Gasteiger partial charge in [-0.25, -0.2) is 0 Å². The van der Waals surface area contributed by atoms with Crippen LogP contribution in [-0.4, -0.2) is 48.5 Å². The van der Waals surface area contributed by atoms with Gasteiger partial charge in [0.25, 0.3) is 11.8 Å². The molecule has 3 aromatic rings. The smallest absolute Gasteiger partial charge is 0.268 e. The lowest BCUT2D eigenvalue weighted by atomic mass is 10.1. The van der Waals surface area contributed by atoms with Crippen molar-refractivity contribution in [3.05, 3.63) is 89.4 Å². The average molecular weight is 478 g/mol. The van der Waals surface area contributed by atoms with Crippen LogP contribution in [0, 0.1) is 0 Å².